The van der Waals surface area contributed by atoms with E-state index in [0.29, 0.717) is 17.2 Å². The predicted molar refractivity (Wildman–Crippen MR) is 110 cm³/mol. The number of esters is 1. The Balaban J connectivity index is 2.03. The minimum absolute atomic E-state index is 0.177. The molecular formula is C23H27NO5. The number of ether oxygens (including phenoxy) is 2. The Hall–Kier alpha value is -3.15. The summed E-state index contributed by atoms with van der Waals surface area (Å²) in [5.74, 6) is -0.485. The molecule has 0 fully saturated rings. The molecule has 0 aromatic heterocycles. The Morgan fingerprint density at radius 2 is 1.55 bits per heavy atom. The van der Waals surface area contributed by atoms with E-state index in [9.17, 15) is 14.4 Å². The number of ketones is 1. The molecule has 0 saturated carbocycles. The van der Waals surface area contributed by atoms with E-state index in [1.807, 2.05) is 26.0 Å². The second-order valence-electron chi connectivity index (χ2n) is 7.43. The van der Waals surface area contributed by atoms with E-state index in [-0.39, 0.29) is 30.5 Å². The second-order valence-corrected chi connectivity index (χ2v) is 7.43. The van der Waals surface area contributed by atoms with E-state index in [1.54, 1.807) is 0 Å². The molecule has 29 heavy (non-hydrogen) atoms. The maximum atomic E-state index is 12.6. The highest BCUT2D eigenvalue weighted by Gasteiger charge is 2.18. The topological polar surface area (TPSA) is 95.7 Å². The van der Waals surface area contributed by atoms with Crippen LogP contribution in [0.5, 0.6) is 5.75 Å². The van der Waals surface area contributed by atoms with Gasteiger partial charge in [0.1, 0.15) is 5.75 Å². The van der Waals surface area contributed by atoms with E-state index in [0.717, 1.165) is 5.56 Å². The maximum absolute atomic E-state index is 12.6. The van der Waals surface area contributed by atoms with E-state index in [2.05, 4.69) is 19.9 Å². The first kappa shape index (κ1) is 22.1. The van der Waals surface area contributed by atoms with Crippen LogP contribution in [0.2, 0.25) is 0 Å². The summed E-state index contributed by atoms with van der Waals surface area (Å²) >= 11 is 0. The van der Waals surface area contributed by atoms with Crippen LogP contribution in [0.4, 0.5) is 0 Å². The van der Waals surface area contributed by atoms with Crippen molar-refractivity contribution in [3.63, 3.8) is 0 Å². The number of amides is 1. The van der Waals surface area contributed by atoms with Gasteiger partial charge in [0.15, 0.2) is 13.2 Å². The summed E-state index contributed by atoms with van der Waals surface area (Å²) < 4.78 is 10.3. The van der Waals surface area contributed by atoms with Crippen LogP contribution in [0.1, 0.15) is 71.4 Å². The third-order valence-corrected chi connectivity index (χ3v) is 4.47. The number of benzene rings is 2. The second kappa shape index (κ2) is 9.87. The maximum Gasteiger partial charge on any atom is 0.338 e. The largest absolute Gasteiger partial charge is 0.484 e. The Morgan fingerprint density at radius 3 is 2.10 bits per heavy atom. The number of nitrogens with two attached hydrogens (primary N) is 1. The van der Waals surface area contributed by atoms with E-state index in [4.69, 9.17) is 15.2 Å². The molecule has 0 atom stereocenters. The molecule has 0 unspecified atom stereocenters. The first-order chi connectivity index (χ1) is 13.7. The van der Waals surface area contributed by atoms with Gasteiger partial charge in [0.25, 0.3) is 5.91 Å². The van der Waals surface area contributed by atoms with Gasteiger partial charge in [-0.3, -0.25) is 9.59 Å². The molecule has 2 aromatic carbocycles. The summed E-state index contributed by atoms with van der Waals surface area (Å²) in [6.07, 6.45) is 0. The Bertz CT molecular complexity index is 885. The average molecular weight is 397 g/mol. The van der Waals surface area contributed by atoms with Crippen LogP contribution in [-0.4, -0.2) is 30.9 Å². The SMILES string of the molecule is CC(C)c1ccc(C(=O)COC(=O)c2ccc(OCC(N)=O)cc2)c(C(C)C)c1. The lowest BCUT2D eigenvalue weighted by Gasteiger charge is -2.15. The van der Waals surface area contributed by atoms with Crippen LogP contribution in [0.15, 0.2) is 42.5 Å². The molecule has 6 heteroatoms. The standard InChI is InChI=1S/C23H27NO5/c1-14(2)17-7-10-19(20(11-17)15(3)4)21(25)12-29-23(27)16-5-8-18(9-6-16)28-13-22(24)26/h5-11,14-15H,12-13H2,1-4H3,(H2,24,26). The summed E-state index contributed by atoms with van der Waals surface area (Å²) in [5.41, 5.74) is 7.99. The molecular weight excluding hydrogens is 370 g/mol. The first-order valence-electron chi connectivity index (χ1n) is 9.54. The van der Waals surface area contributed by atoms with Crippen molar-refractivity contribution in [2.24, 2.45) is 5.73 Å². The zero-order chi connectivity index (χ0) is 21.6. The zero-order valence-corrected chi connectivity index (χ0v) is 17.2. The zero-order valence-electron chi connectivity index (χ0n) is 17.2. The number of carbonyl (C=O) groups excluding carboxylic acids is 3. The summed E-state index contributed by atoms with van der Waals surface area (Å²) in [7, 11) is 0. The molecule has 2 aromatic rings. The van der Waals surface area contributed by atoms with Crippen molar-refractivity contribution in [1.82, 2.24) is 0 Å². The van der Waals surface area contributed by atoms with Crippen LogP contribution in [-0.2, 0) is 9.53 Å². The van der Waals surface area contributed by atoms with Gasteiger partial charge in [0, 0.05) is 5.56 Å². The average Bonchev–Trinajstić information content (AvgIpc) is 2.69. The molecule has 1 amide bonds. The highest BCUT2D eigenvalue weighted by Crippen LogP contribution is 2.25. The van der Waals surface area contributed by atoms with Crippen LogP contribution >= 0.6 is 0 Å². The van der Waals surface area contributed by atoms with Crippen molar-refractivity contribution < 1.29 is 23.9 Å². The lowest BCUT2D eigenvalue weighted by molar-refractivity contribution is -0.119. The molecule has 0 heterocycles. The Kier molecular flexibility index (Phi) is 7.53. The molecule has 0 aliphatic rings. The van der Waals surface area contributed by atoms with Crippen LogP contribution in [0.3, 0.4) is 0 Å². The van der Waals surface area contributed by atoms with Gasteiger partial charge in [-0.05, 0) is 47.2 Å². The lowest BCUT2D eigenvalue weighted by Crippen LogP contribution is -2.20. The van der Waals surface area contributed by atoms with Crippen LogP contribution in [0, 0.1) is 0 Å². The molecule has 6 nitrogen and oxygen atoms in total. The molecule has 154 valence electrons. The third kappa shape index (κ3) is 6.17. The first-order valence-corrected chi connectivity index (χ1v) is 9.54. The van der Waals surface area contributed by atoms with Gasteiger partial charge >= 0.3 is 5.97 Å². The van der Waals surface area contributed by atoms with Crippen LogP contribution < -0.4 is 10.5 Å². The quantitative estimate of drug-likeness (QED) is 0.512. The number of carbonyl (C=O) groups is 3. The smallest absolute Gasteiger partial charge is 0.338 e. The van der Waals surface area contributed by atoms with E-state index >= 15 is 0 Å². The predicted octanol–water partition coefficient (Wildman–Crippen LogP) is 3.84. The molecule has 0 aliphatic heterocycles. The molecule has 0 radical (unpaired) electrons. The van der Waals surface area contributed by atoms with Crippen molar-refractivity contribution in [1.29, 1.82) is 0 Å². The normalized spacial score (nSPS) is 10.8. The van der Waals surface area contributed by atoms with Gasteiger partial charge in [-0.1, -0.05) is 45.9 Å². The minimum atomic E-state index is -0.607. The van der Waals surface area contributed by atoms with Crippen LogP contribution in [0.25, 0.3) is 0 Å². The fourth-order valence-electron chi connectivity index (χ4n) is 2.81. The van der Waals surface area contributed by atoms with Crippen molar-refractivity contribution in [3.8, 4) is 5.75 Å². The fraction of sp³-hybridized carbons (Fsp3) is 0.348. The summed E-state index contributed by atoms with van der Waals surface area (Å²) in [6, 6.07) is 11.9. The Morgan fingerprint density at radius 1 is 0.897 bits per heavy atom. The van der Waals surface area contributed by atoms with Gasteiger partial charge < -0.3 is 15.2 Å². The molecule has 0 aliphatic carbocycles. The van der Waals surface area contributed by atoms with Gasteiger partial charge in [-0.2, -0.15) is 0 Å². The number of primary amides is 1. The van der Waals surface area contributed by atoms with E-state index < -0.39 is 11.9 Å². The number of hydrogen-bond acceptors (Lipinski definition) is 5. The monoisotopic (exact) mass is 397 g/mol. The van der Waals surface area contributed by atoms with Gasteiger partial charge in [-0.25, -0.2) is 4.79 Å². The highest BCUT2D eigenvalue weighted by atomic mass is 16.5. The van der Waals surface area contributed by atoms with Crippen molar-refractivity contribution in [2.45, 2.75) is 39.5 Å². The lowest BCUT2D eigenvalue weighted by atomic mass is 9.90. The van der Waals surface area contributed by atoms with Crippen molar-refractivity contribution in [2.75, 3.05) is 13.2 Å². The molecule has 0 bridgehead atoms. The van der Waals surface area contributed by atoms with Gasteiger partial charge in [-0.15, -0.1) is 0 Å². The summed E-state index contributed by atoms with van der Waals surface area (Å²) in [5, 5.41) is 0. The number of rotatable bonds is 9. The Labute approximate surface area is 171 Å². The van der Waals surface area contributed by atoms with E-state index in [1.165, 1.54) is 29.8 Å². The summed E-state index contributed by atoms with van der Waals surface area (Å²) in [4.78, 5) is 35.6. The fourth-order valence-corrected chi connectivity index (χ4v) is 2.81. The highest BCUT2D eigenvalue weighted by molar-refractivity contribution is 6.00. The summed E-state index contributed by atoms with van der Waals surface area (Å²) in [6.45, 7) is 7.69. The molecule has 0 saturated heterocycles. The van der Waals surface area contributed by atoms with Crippen molar-refractivity contribution >= 4 is 17.7 Å². The third-order valence-electron chi connectivity index (χ3n) is 4.47. The van der Waals surface area contributed by atoms with Crippen molar-refractivity contribution in [3.05, 3.63) is 64.7 Å². The minimum Gasteiger partial charge on any atom is -0.484 e. The van der Waals surface area contributed by atoms with Gasteiger partial charge in [0.2, 0.25) is 5.78 Å². The molecule has 0 spiro atoms. The van der Waals surface area contributed by atoms with Gasteiger partial charge in [0.05, 0.1) is 5.56 Å². The number of hydrogen-bond donors (Lipinski definition) is 1. The number of Topliss-reactive ketones (excluding diaryl/α,β-unsaturated/α-hetero) is 1. The molecule has 2 N–H and O–H groups in total. The molecule has 2 rings (SSSR count).